The number of fused-ring (bicyclic) bond motifs is 1. The lowest BCUT2D eigenvalue weighted by Crippen LogP contribution is -2.61. The van der Waals surface area contributed by atoms with Crippen molar-refractivity contribution in [1.82, 2.24) is 18.5 Å². The summed E-state index contributed by atoms with van der Waals surface area (Å²) in [4.78, 5) is 6.58. The van der Waals surface area contributed by atoms with E-state index in [-0.39, 0.29) is 5.92 Å². The molecule has 2 atom stereocenters. The van der Waals surface area contributed by atoms with E-state index in [0.29, 0.717) is 32.5 Å². The van der Waals surface area contributed by atoms with Crippen LogP contribution in [0.3, 0.4) is 0 Å². The van der Waals surface area contributed by atoms with Crippen molar-refractivity contribution in [2.45, 2.75) is 25.0 Å². The fraction of sp³-hybridized carbons (Fsp3) is 0.786. The van der Waals surface area contributed by atoms with Gasteiger partial charge in [-0.05, 0) is 12.8 Å². The zero-order chi connectivity index (χ0) is 16.7. The van der Waals surface area contributed by atoms with Gasteiger partial charge in [0.15, 0.2) is 0 Å². The minimum Gasteiger partial charge on any atom is -0.389 e. The van der Waals surface area contributed by atoms with E-state index in [0.717, 1.165) is 18.1 Å². The molecule has 0 saturated carbocycles. The summed E-state index contributed by atoms with van der Waals surface area (Å²) in [5.41, 5.74) is -0.738. The number of rotatable bonds is 4. The summed E-state index contributed by atoms with van der Waals surface area (Å²) in [7, 11) is -0.323. The van der Waals surface area contributed by atoms with E-state index in [2.05, 4.69) is 9.88 Å². The SMILES string of the molecule is CN(C)S(=O)(=O)N1CC[C@]2(O)CCN(Cc3nccs3)C[C@@H]2C1. The first kappa shape index (κ1) is 17.2. The number of nitrogens with zero attached hydrogens (tertiary/aromatic N) is 4. The van der Waals surface area contributed by atoms with Crippen molar-refractivity contribution < 1.29 is 13.5 Å². The summed E-state index contributed by atoms with van der Waals surface area (Å²) < 4.78 is 27.4. The predicted octanol–water partition coefficient (Wildman–Crippen LogP) is 0.208. The Morgan fingerprint density at radius 3 is 2.78 bits per heavy atom. The number of piperidine rings is 2. The lowest BCUT2D eigenvalue weighted by molar-refractivity contribution is -0.103. The molecule has 23 heavy (non-hydrogen) atoms. The molecule has 0 radical (unpaired) electrons. The average Bonchev–Trinajstić information content (AvgIpc) is 2.99. The molecule has 1 aromatic heterocycles. The van der Waals surface area contributed by atoms with Gasteiger partial charge in [0.05, 0.1) is 12.1 Å². The van der Waals surface area contributed by atoms with Crippen LogP contribution in [-0.2, 0) is 16.8 Å². The van der Waals surface area contributed by atoms with Crippen molar-refractivity contribution in [3.05, 3.63) is 16.6 Å². The number of hydrogen-bond acceptors (Lipinski definition) is 6. The quantitative estimate of drug-likeness (QED) is 0.831. The maximum Gasteiger partial charge on any atom is 0.281 e. The molecule has 0 aromatic carbocycles. The van der Waals surface area contributed by atoms with Gasteiger partial charge in [0.1, 0.15) is 5.01 Å². The smallest absolute Gasteiger partial charge is 0.281 e. The molecule has 2 aliphatic heterocycles. The molecular formula is C14H24N4O3S2. The van der Waals surface area contributed by atoms with Gasteiger partial charge in [0, 0.05) is 57.8 Å². The van der Waals surface area contributed by atoms with Crippen molar-refractivity contribution in [3.63, 3.8) is 0 Å². The number of aromatic nitrogens is 1. The van der Waals surface area contributed by atoms with E-state index in [1.807, 2.05) is 5.38 Å². The Hall–Kier alpha value is -0.580. The molecule has 1 aromatic rings. The zero-order valence-electron chi connectivity index (χ0n) is 13.6. The third-order valence-corrected chi connectivity index (χ3v) is 7.62. The van der Waals surface area contributed by atoms with Crippen molar-refractivity contribution in [2.75, 3.05) is 40.3 Å². The minimum atomic E-state index is -3.42. The Kier molecular flexibility index (Phi) is 4.78. The lowest BCUT2D eigenvalue weighted by Gasteiger charge is -2.49. The summed E-state index contributed by atoms with van der Waals surface area (Å²) in [5, 5.41) is 13.9. The summed E-state index contributed by atoms with van der Waals surface area (Å²) >= 11 is 1.63. The highest BCUT2D eigenvalue weighted by atomic mass is 32.2. The molecule has 0 unspecified atom stereocenters. The van der Waals surface area contributed by atoms with Crippen LogP contribution in [0.5, 0.6) is 0 Å². The van der Waals surface area contributed by atoms with Gasteiger partial charge in [-0.25, -0.2) is 4.98 Å². The molecule has 2 saturated heterocycles. The maximum atomic E-state index is 12.4. The van der Waals surface area contributed by atoms with Crippen LogP contribution in [0.25, 0.3) is 0 Å². The summed E-state index contributed by atoms with van der Waals surface area (Å²) in [5.74, 6) is -0.0558. The fourth-order valence-electron chi connectivity index (χ4n) is 3.45. The minimum absolute atomic E-state index is 0.0558. The van der Waals surface area contributed by atoms with Crippen LogP contribution >= 0.6 is 11.3 Å². The summed E-state index contributed by atoms with van der Waals surface area (Å²) in [6, 6.07) is 0. The molecule has 0 bridgehead atoms. The normalized spacial score (nSPS) is 30.5. The molecule has 2 aliphatic rings. The van der Waals surface area contributed by atoms with Gasteiger partial charge in [-0.15, -0.1) is 11.3 Å². The molecule has 1 N–H and O–H groups in total. The van der Waals surface area contributed by atoms with E-state index >= 15 is 0 Å². The molecular weight excluding hydrogens is 336 g/mol. The second-order valence-corrected chi connectivity index (χ2v) is 9.73. The van der Waals surface area contributed by atoms with Crippen LogP contribution in [0.15, 0.2) is 11.6 Å². The van der Waals surface area contributed by atoms with Crippen LogP contribution in [0, 0.1) is 5.92 Å². The zero-order valence-corrected chi connectivity index (χ0v) is 15.2. The fourth-order valence-corrected chi connectivity index (χ4v) is 5.26. The monoisotopic (exact) mass is 360 g/mol. The van der Waals surface area contributed by atoms with E-state index in [9.17, 15) is 13.5 Å². The molecule has 9 heteroatoms. The largest absolute Gasteiger partial charge is 0.389 e. The Labute approximate surface area is 141 Å². The Morgan fingerprint density at radius 1 is 1.39 bits per heavy atom. The number of likely N-dealkylation sites (tertiary alicyclic amines) is 1. The second kappa shape index (κ2) is 6.38. The number of aliphatic hydroxyl groups is 1. The van der Waals surface area contributed by atoms with Gasteiger partial charge in [-0.2, -0.15) is 17.0 Å². The van der Waals surface area contributed by atoms with E-state index in [4.69, 9.17) is 0 Å². The lowest BCUT2D eigenvalue weighted by atomic mass is 9.76. The van der Waals surface area contributed by atoms with Gasteiger partial charge >= 0.3 is 0 Å². The number of hydrogen-bond donors (Lipinski definition) is 1. The van der Waals surface area contributed by atoms with Crippen LogP contribution in [0.4, 0.5) is 0 Å². The van der Waals surface area contributed by atoms with E-state index in [1.165, 1.54) is 8.61 Å². The molecule has 7 nitrogen and oxygen atoms in total. The summed E-state index contributed by atoms with van der Waals surface area (Å²) in [6.45, 7) is 3.07. The topological polar surface area (TPSA) is 77.0 Å². The predicted molar refractivity (Wildman–Crippen MR) is 89.2 cm³/mol. The third kappa shape index (κ3) is 3.45. The van der Waals surface area contributed by atoms with Crippen LogP contribution in [-0.4, -0.2) is 77.9 Å². The molecule has 3 heterocycles. The third-order valence-electron chi connectivity index (χ3n) is 4.95. The molecule has 3 rings (SSSR count). The van der Waals surface area contributed by atoms with Gasteiger partial charge in [-0.1, -0.05) is 0 Å². The first-order chi connectivity index (χ1) is 10.8. The molecule has 2 fully saturated rings. The highest BCUT2D eigenvalue weighted by Crippen LogP contribution is 2.36. The highest BCUT2D eigenvalue weighted by Gasteiger charge is 2.47. The Bertz CT molecular complexity index is 634. The van der Waals surface area contributed by atoms with Gasteiger partial charge < -0.3 is 5.11 Å². The second-order valence-electron chi connectivity index (χ2n) is 6.61. The molecule has 0 amide bonds. The Balaban J connectivity index is 1.70. The van der Waals surface area contributed by atoms with E-state index in [1.54, 1.807) is 31.6 Å². The maximum absolute atomic E-state index is 12.4. The molecule has 0 spiro atoms. The van der Waals surface area contributed by atoms with Crippen LogP contribution < -0.4 is 0 Å². The summed E-state index contributed by atoms with van der Waals surface area (Å²) in [6.07, 6.45) is 3.00. The molecule has 130 valence electrons. The van der Waals surface area contributed by atoms with Gasteiger partial charge in [-0.3, -0.25) is 4.90 Å². The van der Waals surface area contributed by atoms with Gasteiger partial charge in [0.2, 0.25) is 0 Å². The average molecular weight is 361 g/mol. The first-order valence-corrected chi connectivity index (χ1v) is 10.1. The highest BCUT2D eigenvalue weighted by molar-refractivity contribution is 7.86. The van der Waals surface area contributed by atoms with Crippen LogP contribution in [0.1, 0.15) is 17.8 Å². The Morgan fingerprint density at radius 2 is 2.13 bits per heavy atom. The van der Waals surface area contributed by atoms with Gasteiger partial charge in [0.25, 0.3) is 10.2 Å². The molecule has 0 aliphatic carbocycles. The van der Waals surface area contributed by atoms with Crippen molar-refractivity contribution in [2.24, 2.45) is 5.92 Å². The van der Waals surface area contributed by atoms with Crippen molar-refractivity contribution in [1.29, 1.82) is 0 Å². The van der Waals surface area contributed by atoms with E-state index < -0.39 is 15.8 Å². The van der Waals surface area contributed by atoms with Crippen molar-refractivity contribution in [3.8, 4) is 0 Å². The standard InChI is InChI=1S/C14H24N4O3S2/c1-16(2)23(20,21)18-7-4-14(19)3-6-17(9-12(14)10-18)11-13-15-5-8-22-13/h5,8,12,19H,3-4,6-7,9-11H2,1-2H3/t12-,14-/m1/s1. The van der Waals surface area contributed by atoms with Crippen molar-refractivity contribution >= 4 is 21.5 Å². The van der Waals surface area contributed by atoms with Crippen LogP contribution in [0.2, 0.25) is 0 Å². The first-order valence-electron chi connectivity index (χ1n) is 7.82. The number of thiazole rings is 1.